The van der Waals surface area contributed by atoms with Crippen molar-refractivity contribution in [2.45, 2.75) is 10.1 Å². The number of rotatable bonds is 4. The first-order valence-corrected chi connectivity index (χ1v) is 4.66. The quantitative estimate of drug-likeness (QED) is 0.581. The molecule has 0 aliphatic carbocycles. The number of hydrogen-bond donors (Lipinski definition) is 2. The lowest BCUT2D eigenvalue weighted by atomic mass is 10.4. The fourth-order valence-electron chi connectivity index (χ4n) is 0.842. The second-order valence-corrected chi connectivity index (χ2v) is 3.67. The van der Waals surface area contributed by atoms with Crippen LogP contribution in [0.5, 0.6) is 0 Å². The van der Waals surface area contributed by atoms with Gasteiger partial charge < -0.3 is 10.2 Å². The number of hydrogen-bond acceptors (Lipinski definition) is 3. The molecule has 0 saturated carbocycles. The summed E-state index contributed by atoms with van der Waals surface area (Å²) >= 11 is 0.806. The summed E-state index contributed by atoms with van der Waals surface area (Å²) in [6.45, 7) is 0. The van der Waals surface area contributed by atoms with E-state index in [-0.39, 0.29) is 0 Å². The lowest BCUT2D eigenvalue weighted by molar-refractivity contribution is -0.146. The van der Waals surface area contributed by atoms with Gasteiger partial charge in [-0.3, -0.25) is 9.59 Å². The van der Waals surface area contributed by atoms with Gasteiger partial charge in [0.05, 0.1) is 0 Å². The molecule has 0 radical (unpaired) electrons. The van der Waals surface area contributed by atoms with Gasteiger partial charge in [0, 0.05) is 4.90 Å². The Morgan fingerprint density at radius 3 is 2.00 bits per heavy atom. The van der Waals surface area contributed by atoms with Gasteiger partial charge >= 0.3 is 11.9 Å². The van der Waals surface area contributed by atoms with Gasteiger partial charge in [0.1, 0.15) is 0 Å². The maximum Gasteiger partial charge on any atom is 0.328 e. The molecular weight excluding hydrogens is 204 g/mol. The molecule has 1 aromatic carbocycles. The van der Waals surface area contributed by atoms with E-state index < -0.39 is 17.2 Å². The third-order valence-electron chi connectivity index (χ3n) is 1.45. The average molecular weight is 212 g/mol. The lowest BCUT2D eigenvalue weighted by Crippen LogP contribution is -2.25. The topological polar surface area (TPSA) is 74.6 Å². The van der Waals surface area contributed by atoms with E-state index >= 15 is 0 Å². The van der Waals surface area contributed by atoms with Crippen molar-refractivity contribution in [2.24, 2.45) is 0 Å². The molecular formula is C9H8O4S. The van der Waals surface area contributed by atoms with Crippen LogP contribution in [0.15, 0.2) is 35.2 Å². The van der Waals surface area contributed by atoms with Crippen molar-refractivity contribution in [1.29, 1.82) is 0 Å². The summed E-state index contributed by atoms with van der Waals surface area (Å²) in [7, 11) is 0. The van der Waals surface area contributed by atoms with Crippen LogP contribution in [0.3, 0.4) is 0 Å². The van der Waals surface area contributed by atoms with Crippen molar-refractivity contribution in [3.8, 4) is 0 Å². The van der Waals surface area contributed by atoms with E-state index in [0.29, 0.717) is 4.90 Å². The molecule has 2 N–H and O–H groups in total. The van der Waals surface area contributed by atoms with Crippen molar-refractivity contribution < 1.29 is 19.8 Å². The van der Waals surface area contributed by atoms with Gasteiger partial charge in [0.2, 0.25) is 5.25 Å². The predicted octanol–water partition coefficient (Wildman–Crippen LogP) is 1.32. The number of carboxylic acid groups (broad SMARTS) is 2. The Bertz CT molecular complexity index is 322. The molecule has 0 aliphatic rings. The van der Waals surface area contributed by atoms with Crippen LogP contribution in [-0.4, -0.2) is 27.4 Å². The second-order valence-electron chi connectivity index (χ2n) is 2.49. The summed E-state index contributed by atoms with van der Waals surface area (Å²) < 4.78 is 0. The molecule has 14 heavy (non-hydrogen) atoms. The smallest absolute Gasteiger partial charge is 0.328 e. The zero-order valence-electron chi connectivity index (χ0n) is 7.08. The molecule has 0 aromatic heterocycles. The molecule has 0 unspecified atom stereocenters. The lowest BCUT2D eigenvalue weighted by Gasteiger charge is -2.05. The molecule has 0 fully saturated rings. The molecule has 0 heterocycles. The third-order valence-corrected chi connectivity index (χ3v) is 2.63. The molecule has 0 amide bonds. The van der Waals surface area contributed by atoms with E-state index in [4.69, 9.17) is 10.2 Å². The highest BCUT2D eigenvalue weighted by Gasteiger charge is 2.26. The summed E-state index contributed by atoms with van der Waals surface area (Å²) in [6, 6.07) is 8.57. The van der Waals surface area contributed by atoms with Crippen LogP contribution in [-0.2, 0) is 9.59 Å². The zero-order chi connectivity index (χ0) is 10.6. The van der Waals surface area contributed by atoms with Gasteiger partial charge in [0.15, 0.2) is 0 Å². The first-order valence-electron chi connectivity index (χ1n) is 3.78. The van der Waals surface area contributed by atoms with Gasteiger partial charge in [-0.1, -0.05) is 30.0 Å². The van der Waals surface area contributed by atoms with E-state index in [1.807, 2.05) is 0 Å². The van der Waals surface area contributed by atoms with E-state index in [0.717, 1.165) is 11.8 Å². The molecule has 4 nitrogen and oxygen atoms in total. The molecule has 0 aliphatic heterocycles. The summed E-state index contributed by atoms with van der Waals surface area (Å²) in [5, 5.41) is 15.8. The van der Waals surface area contributed by atoms with E-state index in [9.17, 15) is 9.59 Å². The summed E-state index contributed by atoms with van der Waals surface area (Å²) in [5.74, 6) is -2.68. The fraction of sp³-hybridized carbons (Fsp3) is 0.111. The SMILES string of the molecule is O=C(O)C(Sc1ccccc1)C(=O)O. The molecule has 0 saturated heterocycles. The van der Waals surface area contributed by atoms with E-state index in [2.05, 4.69) is 0 Å². The number of carboxylic acids is 2. The van der Waals surface area contributed by atoms with Gasteiger partial charge in [-0.05, 0) is 12.1 Å². The fourth-order valence-corrected chi connectivity index (χ4v) is 1.63. The molecule has 5 heteroatoms. The largest absolute Gasteiger partial charge is 0.480 e. The Hall–Kier alpha value is -1.49. The molecule has 1 aromatic rings. The first kappa shape index (κ1) is 10.6. The van der Waals surface area contributed by atoms with Gasteiger partial charge in [-0.25, -0.2) is 0 Å². The number of thioether (sulfide) groups is 1. The Balaban J connectivity index is 2.75. The van der Waals surface area contributed by atoms with Crippen molar-refractivity contribution in [2.75, 3.05) is 0 Å². The maximum absolute atomic E-state index is 10.5. The van der Waals surface area contributed by atoms with Crippen LogP contribution in [0.2, 0.25) is 0 Å². The maximum atomic E-state index is 10.5. The van der Waals surface area contributed by atoms with Crippen molar-refractivity contribution >= 4 is 23.7 Å². The van der Waals surface area contributed by atoms with Gasteiger partial charge in [-0.15, -0.1) is 0 Å². The molecule has 0 bridgehead atoms. The molecule has 1 rings (SSSR count). The number of benzene rings is 1. The average Bonchev–Trinajstić information content (AvgIpc) is 2.15. The highest BCUT2D eigenvalue weighted by Crippen LogP contribution is 2.23. The van der Waals surface area contributed by atoms with E-state index in [1.165, 1.54) is 0 Å². The summed E-state index contributed by atoms with van der Waals surface area (Å²) in [4.78, 5) is 21.7. The number of carbonyl (C=O) groups is 2. The minimum absolute atomic E-state index is 0.627. The third kappa shape index (κ3) is 2.77. The first-order chi connectivity index (χ1) is 6.61. The normalized spacial score (nSPS) is 10.1. The highest BCUT2D eigenvalue weighted by molar-refractivity contribution is 8.01. The van der Waals surface area contributed by atoms with Crippen LogP contribution in [0, 0.1) is 0 Å². The highest BCUT2D eigenvalue weighted by atomic mass is 32.2. The summed E-state index contributed by atoms with van der Waals surface area (Å²) in [5.41, 5.74) is 0. The molecule has 0 spiro atoms. The Morgan fingerprint density at radius 2 is 1.57 bits per heavy atom. The minimum atomic E-state index is -1.45. The van der Waals surface area contributed by atoms with Crippen LogP contribution in [0.1, 0.15) is 0 Å². The van der Waals surface area contributed by atoms with Crippen LogP contribution >= 0.6 is 11.8 Å². The molecule has 74 valence electrons. The zero-order valence-corrected chi connectivity index (χ0v) is 7.90. The standard InChI is InChI=1S/C9H8O4S/c10-8(11)7(9(12)13)14-6-4-2-1-3-5-6/h1-5,7H,(H,10,11)(H,12,13). The number of aliphatic carboxylic acids is 2. The van der Waals surface area contributed by atoms with Gasteiger partial charge in [0.25, 0.3) is 0 Å². The molecule has 0 atom stereocenters. The van der Waals surface area contributed by atoms with Crippen LogP contribution < -0.4 is 0 Å². The summed E-state index contributed by atoms with van der Waals surface area (Å²) in [6.07, 6.45) is 0. The van der Waals surface area contributed by atoms with E-state index in [1.54, 1.807) is 30.3 Å². The second kappa shape index (κ2) is 4.66. The van der Waals surface area contributed by atoms with Crippen molar-refractivity contribution in [3.63, 3.8) is 0 Å². The Morgan fingerprint density at radius 1 is 1.07 bits per heavy atom. The Kier molecular flexibility index (Phi) is 3.53. The monoisotopic (exact) mass is 212 g/mol. The van der Waals surface area contributed by atoms with Gasteiger partial charge in [-0.2, -0.15) is 0 Å². The minimum Gasteiger partial charge on any atom is -0.480 e. The van der Waals surface area contributed by atoms with Crippen molar-refractivity contribution in [3.05, 3.63) is 30.3 Å². The van der Waals surface area contributed by atoms with Crippen LogP contribution in [0.25, 0.3) is 0 Å². The van der Waals surface area contributed by atoms with Crippen LogP contribution in [0.4, 0.5) is 0 Å². The predicted molar refractivity (Wildman–Crippen MR) is 51.4 cm³/mol. The Labute approximate surface area is 84.6 Å². The van der Waals surface area contributed by atoms with Crippen molar-refractivity contribution in [1.82, 2.24) is 0 Å².